The average Bonchev–Trinajstić information content (AvgIpc) is 3.26. The van der Waals surface area contributed by atoms with E-state index in [1.165, 1.54) is 11.0 Å². The summed E-state index contributed by atoms with van der Waals surface area (Å²) in [5.74, 6) is -0.295. The highest BCUT2D eigenvalue weighted by Gasteiger charge is 2.43. The molecule has 0 bridgehead atoms. The number of alkyl halides is 3. The predicted molar refractivity (Wildman–Crippen MR) is 121 cm³/mol. The van der Waals surface area contributed by atoms with Gasteiger partial charge in [-0.2, -0.15) is 18.3 Å². The molecule has 3 aliphatic rings. The predicted octanol–water partition coefficient (Wildman–Crippen LogP) is 3.19. The Morgan fingerprint density at radius 1 is 1.17 bits per heavy atom. The molecule has 36 heavy (non-hydrogen) atoms. The summed E-state index contributed by atoms with van der Waals surface area (Å²) < 4.78 is 64.5. The van der Waals surface area contributed by atoms with Gasteiger partial charge in [-0.1, -0.05) is 0 Å². The van der Waals surface area contributed by atoms with Gasteiger partial charge in [-0.25, -0.2) is 13.9 Å². The molecule has 196 valence electrons. The number of aromatic nitrogens is 2. The summed E-state index contributed by atoms with van der Waals surface area (Å²) in [4.78, 5) is 15.8. The fourth-order valence-electron chi connectivity index (χ4n) is 5.25. The van der Waals surface area contributed by atoms with Crippen LogP contribution in [-0.4, -0.2) is 84.2 Å². The van der Waals surface area contributed by atoms with E-state index < -0.39 is 25.0 Å². The minimum atomic E-state index is -4.83. The highest BCUT2D eigenvalue weighted by atomic mass is 19.4. The van der Waals surface area contributed by atoms with Gasteiger partial charge in [0.1, 0.15) is 5.82 Å². The number of piperidine rings is 1. The maximum Gasteiger partial charge on any atom is 0.427 e. The van der Waals surface area contributed by atoms with E-state index in [0.29, 0.717) is 52.0 Å². The normalized spacial score (nSPS) is 19.6. The molecule has 1 N–H and O–H groups in total. The molecule has 1 aromatic carbocycles. The number of hydrogen-bond acceptors (Lipinski definition) is 6. The first-order valence-electron chi connectivity index (χ1n) is 12.1. The van der Waals surface area contributed by atoms with E-state index >= 15 is 0 Å². The van der Waals surface area contributed by atoms with Crippen LogP contribution in [0.25, 0.3) is 5.69 Å². The van der Waals surface area contributed by atoms with Crippen LogP contribution < -0.4 is 4.90 Å². The molecule has 8 nitrogen and oxygen atoms in total. The van der Waals surface area contributed by atoms with Crippen molar-refractivity contribution < 1.29 is 36.9 Å². The average molecular weight is 513 g/mol. The van der Waals surface area contributed by atoms with Crippen LogP contribution in [0.5, 0.6) is 0 Å². The van der Waals surface area contributed by atoms with Gasteiger partial charge in [-0.15, -0.1) is 0 Å². The van der Waals surface area contributed by atoms with Gasteiger partial charge in [0.25, 0.3) is 0 Å². The van der Waals surface area contributed by atoms with Crippen LogP contribution in [0, 0.1) is 5.82 Å². The third-order valence-electron chi connectivity index (χ3n) is 7.12. The standard InChI is InChI=1S/C24H28F4N4O4/c25-17-2-4-18-16(13-17)1-3-19-22(30-9-11-35-12-10-30)21(29-32(18)19)15-5-7-31(8-6-15)23(34)36-20(14-33)24(26,27)28/h2,4,13,15,20,33H,1,3,5-12,14H2. The zero-order valence-corrected chi connectivity index (χ0v) is 19.6. The number of ether oxygens (including phenoxy) is 2. The number of aliphatic hydroxyl groups excluding tert-OH is 1. The van der Waals surface area contributed by atoms with Gasteiger partial charge in [0.2, 0.25) is 6.10 Å². The molecule has 2 aromatic rings. The van der Waals surface area contributed by atoms with Crippen molar-refractivity contribution in [3.8, 4) is 5.69 Å². The van der Waals surface area contributed by atoms with Gasteiger partial charge in [-0.3, -0.25) is 0 Å². The molecule has 1 aromatic heterocycles. The molecule has 12 heteroatoms. The summed E-state index contributed by atoms with van der Waals surface area (Å²) in [5.41, 5.74) is 4.74. The van der Waals surface area contributed by atoms with Gasteiger partial charge in [0.05, 0.1) is 42.6 Å². The Kier molecular flexibility index (Phi) is 6.82. The molecule has 5 rings (SSSR count). The smallest absolute Gasteiger partial charge is 0.427 e. The van der Waals surface area contributed by atoms with E-state index in [1.54, 1.807) is 12.1 Å². The summed E-state index contributed by atoms with van der Waals surface area (Å²) in [7, 11) is 0. The zero-order valence-electron chi connectivity index (χ0n) is 19.6. The molecule has 2 saturated heterocycles. The van der Waals surface area contributed by atoms with E-state index in [-0.39, 0.29) is 24.8 Å². The number of fused-ring (bicyclic) bond motifs is 3. The molecule has 2 fully saturated rings. The minimum Gasteiger partial charge on any atom is -0.434 e. The summed E-state index contributed by atoms with van der Waals surface area (Å²) in [6.45, 7) is 1.74. The molecule has 0 aliphatic carbocycles. The minimum absolute atomic E-state index is 0.00912. The topological polar surface area (TPSA) is 80.1 Å². The Hall–Kier alpha value is -2.86. The van der Waals surface area contributed by atoms with Crippen LogP contribution in [0.1, 0.15) is 35.7 Å². The number of likely N-dealkylation sites (tertiary alicyclic amines) is 1. The second-order valence-electron chi connectivity index (χ2n) is 9.32. The number of aliphatic hydroxyl groups is 1. The quantitative estimate of drug-likeness (QED) is 0.634. The SMILES string of the molecule is O=C(OC(CO)C(F)(F)F)N1CCC(c2nn3c(c2N2CCOCC2)CCc2cc(F)ccc2-3)CC1. The van der Waals surface area contributed by atoms with Crippen LogP contribution in [-0.2, 0) is 22.3 Å². The number of carbonyl (C=O) groups excluding carboxylic acids is 1. The summed E-state index contributed by atoms with van der Waals surface area (Å²) >= 11 is 0. The van der Waals surface area contributed by atoms with Crippen molar-refractivity contribution in [1.29, 1.82) is 0 Å². The van der Waals surface area contributed by atoms with Gasteiger partial charge in [-0.05, 0) is 49.4 Å². The number of anilines is 1. The largest absolute Gasteiger partial charge is 0.434 e. The summed E-state index contributed by atoms with van der Waals surface area (Å²) in [6, 6.07) is 4.71. The highest BCUT2D eigenvalue weighted by molar-refractivity contribution is 5.68. The van der Waals surface area contributed by atoms with E-state index in [0.717, 1.165) is 28.3 Å². The van der Waals surface area contributed by atoms with Gasteiger partial charge in [0, 0.05) is 32.1 Å². The fourth-order valence-corrected chi connectivity index (χ4v) is 5.25. The number of morpholine rings is 1. The molecule has 3 aliphatic heterocycles. The number of carbonyl (C=O) groups is 1. The highest BCUT2D eigenvalue weighted by Crippen LogP contribution is 2.40. The monoisotopic (exact) mass is 512 g/mol. The van der Waals surface area contributed by atoms with E-state index in [9.17, 15) is 22.4 Å². The van der Waals surface area contributed by atoms with Crippen LogP contribution >= 0.6 is 0 Å². The molecule has 0 saturated carbocycles. The molecule has 0 spiro atoms. The lowest BCUT2D eigenvalue weighted by atomic mass is 9.91. The summed E-state index contributed by atoms with van der Waals surface area (Å²) in [6.07, 6.45) is -6.03. The number of rotatable bonds is 4. The van der Waals surface area contributed by atoms with E-state index in [1.807, 2.05) is 4.68 Å². The van der Waals surface area contributed by atoms with Crippen molar-refractivity contribution in [2.45, 2.75) is 43.9 Å². The second-order valence-corrected chi connectivity index (χ2v) is 9.32. The molecule has 4 heterocycles. The van der Waals surface area contributed by atoms with Crippen molar-refractivity contribution in [2.75, 3.05) is 50.9 Å². The van der Waals surface area contributed by atoms with Gasteiger partial charge >= 0.3 is 12.3 Å². The number of amides is 1. The molecule has 1 amide bonds. The van der Waals surface area contributed by atoms with Crippen molar-refractivity contribution in [3.05, 3.63) is 41.0 Å². The Bertz CT molecular complexity index is 1110. The first-order valence-corrected chi connectivity index (χ1v) is 12.1. The number of hydrogen-bond donors (Lipinski definition) is 1. The lowest BCUT2D eigenvalue weighted by Crippen LogP contribution is -2.44. The lowest BCUT2D eigenvalue weighted by molar-refractivity contribution is -0.214. The van der Waals surface area contributed by atoms with Crippen molar-refractivity contribution in [2.24, 2.45) is 0 Å². The lowest BCUT2D eigenvalue weighted by Gasteiger charge is -2.34. The van der Waals surface area contributed by atoms with Gasteiger partial charge < -0.3 is 24.4 Å². The Morgan fingerprint density at radius 2 is 1.89 bits per heavy atom. The Morgan fingerprint density at radius 3 is 2.56 bits per heavy atom. The van der Waals surface area contributed by atoms with Crippen molar-refractivity contribution in [3.63, 3.8) is 0 Å². The maximum absolute atomic E-state index is 13.8. The van der Waals surface area contributed by atoms with Crippen LogP contribution in [0.2, 0.25) is 0 Å². The van der Waals surface area contributed by atoms with E-state index in [2.05, 4.69) is 9.64 Å². The summed E-state index contributed by atoms with van der Waals surface area (Å²) in [5, 5.41) is 13.9. The second kappa shape index (κ2) is 9.89. The maximum atomic E-state index is 13.8. The fraction of sp³-hybridized carbons (Fsp3) is 0.583. The molecule has 0 radical (unpaired) electrons. The molecular formula is C24H28F4N4O4. The van der Waals surface area contributed by atoms with Gasteiger partial charge in [0.15, 0.2) is 0 Å². The van der Waals surface area contributed by atoms with Crippen LogP contribution in [0.4, 0.5) is 28.0 Å². The molecule has 1 atom stereocenters. The van der Waals surface area contributed by atoms with Crippen LogP contribution in [0.3, 0.4) is 0 Å². The number of aryl methyl sites for hydroxylation is 1. The molecular weight excluding hydrogens is 484 g/mol. The first kappa shape index (κ1) is 24.8. The number of nitrogens with zero attached hydrogens (tertiary/aromatic N) is 4. The first-order chi connectivity index (χ1) is 17.3. The van der Waals surface area contributed by atoms with Crippen LogP contribution in [0.15, 0.2) is 18.2 Å². The van der Waals surface area contributed by atoms with E-state index in [4.69, 9.17) is 14.9 Å². The third kappa shape index (κ3) is 4.75. The third-order valence-corrected chi connectivity index (χ3v) is 7.12. The van der Waals surface area contributed by atoms with Crippen molar-refractivity contribution >= 4 is 11.8 Å². The Balaban J connectivity index is 1.38. The molecule has 1 unspecified atom stereocenters. The number of halogens is 4. The van der Waals surface area contributed by atoms with Crippen molar-refractivity contribution in [1.82, 2.24) is 14.7 Å². The zero-order chi connectivity index (χ0) is 25.4. The number of benzene rings is 1. The Labute approximate surface area is 205 Å².